The lowest BCUT2D eigenvalue weighted by Crippen LogP contribution is -2.55. The fourth-order valence-corrected chi connectivity index (χ4v) is 2.55. The number of amides is 1. The molecule has 1 aliphatic heterocycles. The van der Waals surface area contributed by atoms with Gasteiger partial charge in [-0.1, -0.05) is 19.1 Å². The van der Waals surface area contributed by atoms with Gasteiger partial charge in [0.05, 0.1) is 6.61 Å². The van der Waals surface area contributed by atoms with Crippen molar-refractivity contribution in [2.45, 2.75) is 32.9 Å². The lowest BCUT2D eigenvalue weighted by molar-refractivity contribution is -0.123. The highest BCUT2D eigenvalue weighted by Crippen LogP contribution is 2.25. The molecule has 4 heteroatoms. The zero-order valence-electron chi connectivity index (χ0n) is 10.9. The zero-order chi connectivity index (χ0) is 13.1. The van der Waals surface area contributed by atoms with Crippen molar-refractivity contribution < 1.29 is 9.90 Å². The summed E-state index contributed by atoms with van der Waals surface area (Å²) in [6, 6.07) is 5.82. The normalized spacial score (nSPS) is 19.8. The van der Waals surface area contributed by atoms with Crippen molar-refractivity contribution >= 4 is 11.6 Å². The maximum Gasteiger partial charge on any atom is 0.242 e. The van der Waals surface area contributed by atoms with Crippen LogP contribution in [0.15, 0.2) is 18.2 Å². The Labute approximate surface area is 108 Å². The Morgan fingerprint density at radius 1 is 1.50 bits per heavy atom. The number of nitrogens with zero attached hydrogens (tertiary/aromatic N) is 1. The van der Waals surface area contributed by atoms with E-state index in [1.165, 1.54) is 0 Å². The first-order valence-corrected chi connectivity index (χ1v) is 6.42. The number of rotatable bonds is 3. The summed E-state index contributed by atoms with van der Waals surface area (Å²) in [5.74, 6) is 0.106. The topological polar surface area (TPSA) is 52.6 Å². The summed E-state index contributed by atoms with van der Waals surface area (Å²) in [6.07, 6.45) is 0.799. The first-order valence-electron chi connectivity index (χ1n) is 6.42. The highest BCUT2D eigenvalue weighted by atomic mass is 16.3. The van der Waals surface area contributed by atoms with Gasteiger partial charge in [-0.3, -0.25) is 4.79 Å². The first kappa shape index (κ1) is 12.9. The molecule has 1 atom stereocenters. The molecule has 0 aromatic heterocycles. The van der Waals surface area contributed by atoms with E-state index in [0.717, 1.165) is 29.8 Å². The second-order valence-corrected chi connectivity index (χ2v) is 4.69. The van der Waals surface area contributed by atoms with Crippen molar-refractivity contribution in [1.29, 1.82) is 0 Å². The molecule has 0 saturated carbocycles. The standard InChI is InChI=1S/C14H20N2O2/c1-3-12-14(18)15-6-7-16(12)13-5-4-11(9-17)8-10(13)2/h4-5,8,12,17H,3,6-7,9H2,1-2H3,(H,15,18). The third-order valence-corrected chi connectivity index (χ3v) is 3.47. The molecule has 1 saturated heterocycles. The molecule has 1 aliphatic rings. The second kappa shape index (κ2) is 5.40. The van der Waals surface area contributed by atoms with Crippen LogP contribution in [0.5, 0.6) is 0 Å². The molecule has 0 aliphatic carbocycles. The van der Waals surface area contributed by atoms with Crippen LogP contribution in [0.25, 0.3) is 0 Å². The number of nitrogens with one attached hydrogen (secondary N) is 1. The second-order valence-electron chi connectivity index (χ2n) is 4.69. The van der Waals surface area contributed by atoms with Crippen molar-refractivity contribution in [3.63, 3.8) is 0 Å². The van der Waals surface area contributed by atoms with E-state index in [4.69, 9.17) is 5.11 Å². The lowest BCUT2D eigenvalue weighted by atomic mass is 10.0. The van der Waals surface area contributed by atoms with Crippen LogP contribution in [-0.2, 0) is 11.4 Å². The van der Waals surface area contributed by atoms with Gasteiger partial charge >= 0.3 is 0 Å². The summed E-state index contributed by atoms with van der Waals surface area (Å²) < 4.78 is 0. The van der Waals surface area contributed by atoms with Crippen LogP contribution in [0, 0.1) is 6.92 Å². The highest BCUT2D eigenvalue weighted by Gasteiger charge is 2.28. The molecule has 18 heavy (non-hydrogen) atoms. The maximum absolute atomic E-state index is 11.9. The van der Waals surface area contributed by atoms with Gasteiger partial charge in [-0.2, -0.15) is 0 Å². The molecule has 98 valence electrons. The van der Waals surface area contributed by atoms with Crippen molar-refractivity contribution in [3.8, 4) is 0 Å². The van der Waals surface area contributed by atoms with E-state index < -0.39 is 0 Å². The van der Waals surface area contributed by atoms with E-state index >= 15 is 0 Å². The Morgan fingerprint density at radius 3 is 2.89 bits per heavy atom. The summed E-state index contributed by atoms with van der Waals surface area (Å²) in [6.45, 7) is 5.63. The average Bonchev–Trinajstić information content (AvgIpc) is 2.38. The molecule has 1 heterocycles. The van der Waals surface area contributed by atoms with Crippen LogP contribution >= 0.6 is 0 Å². The number of aryl methyl sites for hydroxylation is 1. The van der Waals surface area contributed by atoms with Gasteiger partial charge in [-0.25, -0.2) is 0 Å². The number of benzene rings is 1. The van der Waals surface area contributed by atoms with Crippen LogP contribution in [0.1, 0.15) is 24.5 Å². The number of hydrogen-bond acceptors (Lipinski definition) is 3. The first-order chi connectivity index (χ1) is 8.67. The van der Waals surface area contributed by atoms with E-state index in [1.807, 2.05) is 32.0 Å². The van der Waals surface area contributed by atoms with Gasteiger partial charge in [-0.15, -0.1) is 0 Å². The Balaban J connectivity index is 2.31. The predicted octanol–water partition coefficient (Wildman–Crippen LogP) is 1.20. The van der Waals surface area contributed by atoms with Gasteiger partial charge in [0.1, 0.15) is 6.04 Å². The molecular weight excluding hydrogens is 228 g/mol. The van der Waals surface area contributed by atoms with Crippen molar-refractivity contribution in [1.82, 2.24) is 5.32 Å². The van der Waals surface area contributed by atoms with Gasteiger partial charge in [0.2, 0.25) is 5.91 Å². The Hall–Kier alpha value is -1.55. The molecule has 1 amide bonds. The van der Waals surface area contributed by atoms with E-state index in [2.05, 4.69) is 10.2 Å². The number of hydrogen-bond donors (Lipinski definition) is 2. The number of aliphatic hydroxyl groups is 1. The van der Waals surface area contributed by atoms with Gasteiger partial charge in [0.25, 0.3) is 0 Å². The minimum Gasteiger partial charge on any atom is -0.392 e. The minimum atomic E-state index is -0.0857. The van der Waals surface area contributed by atoms with Crippen LogP contribution < -0.4 is 10.2 Å². The molecule has 1 unspecified atom stereocenters. The number of piperazine rings is 1. The number of carbonyl (C=O) groups excluding carboxylic acids is 1. The quantitative estimate of drug-likeness (QED) is 0.845. The number of anilines is 1. The van der Waals surface area contributed by atoms with Crippen molar-refractivity contribution in [2.75, 3.05) is 18.0 Å². The Bertz CT molecular complexity index is 445. The Kier molecular flexibility index (Phi) is 3.87. The molecule has 1 aromatic carbocycles. The van der Waals surface area contributed by atoms with Gasteiger partial charge < -0.3 is 15.3 Å². The molecular formula is C14H20N2O2. The van der Waals surface area contributed by atoms with E-state index in [1.54, 1.807) is 0 Å². The summed E-state index contributed by atoms with van der Waals surface area (Å²) >= 11 is 0. The van der Waals surface area contributed by atoms with E-state index in [0.29, 0.717) is 6.54 Å². The number of carbonyl (C=O) groups is 1. The number of aliphatic hydroxyl groups excluding tert-OH is 1. The van der Waals surface area contributed by atoms with Crippen LogP contribution in [0.3, 0.4) is 0 Å². The fourth-order valence-electron chi connectivity index (χ4n) is 2.55. The van der Waals surface area contributed by atoms with Gasteiger partial charge in [0.15, 0.2) is 0 Å². The molecule has 1 fully saturated rings. The van der Waals surface area contributed by atoms with E-state index in [-0.39, 0.29) is 18.6 Å². The third kappa shape index (κ3) is 2.34. The smallest absolute Gasteiger partial charge is 0.242 e. The van der Waals surface area contributed by atoms with Crippen molar-refractivity contribution in [3.05, 3.63) is 29.3 Å². The SMILES string of the molecule is CCC1C(=O)NCCN1c1ccc(CO)cc1C. The van der Waals surface area contributed by atoms with Gasteiger partial charge in [-0.05, 0) is 30.5 Å². The molecule has 2 N–H and O–H groups in total. The molecule has 4 nitrogen and oxygen atoms in total. The lowest BCUT2D eigenvalue weighted by Gasteiger charge is -2.37. The molecule has 0 radical (unpaired) electrons. The molecule has 0 spiro atoms. The average molecular weight is 248 g/mol. The molecule has 0 bridgehead atoms. The van der Waals surface area contributed by atoms with E-state index in [9.17, 15) is 4.79 Å². The summed E-state index contributed by atoms with van der Waals surface area (Å²) in [5.41, 5.74) is 3.11. The molecule has 2 rings (SSSR count). The highest BCUT2D eigenvalue weighted by molar-refractivity contribution is 5.86. The third-order valence-electron chi connectivity index (χ3n) is 3.47. The van der Waals surface area contributed by atoms with Crippen LogP contribution in [0.4, 0.5) is 5.69 Å². The van der Waals surface area contributed by atoms with Crippen LogP contribution in [0.2, 0.25) is 0 Å². The summed E-state index contributed by atoms with van der Waals surface area (Å²) in [7, 11) is 0. The van der Waals surface area contributed by atoms with Gasteiger partial charge in [0, 0.05) is 18.8 Å². The zero-order valence-corrected chi connectivity index (χ0v) is 10.9. The van der Waals surface area contributed by atoms with Crippen LogP contribution in [-0.4, -0.2) is 30.1 Å². The predicted molar refractivity (Wildman–Crippen MR) is 71.5 cm³/mol. The summed E-state index contributed by atoms with van der Waals surface area (Å²) in [5, 5.41) is 12.0. The monoisotopic (exact) mass is 248 g/mol. The maximum atomic E-state index is 11.9. The summed E-state index contributed by atoms with van der Waals surface area (Å²) in [4.78, 5) is 14.0. The van der Waals surface area contributed by atoms with Crippen molar-refractivity contribution in [2.24, 2.45) is 0 Å². The minimum absolute atomic E-state index is 0.0544. The Morgan fingerprint density at radius 2 is 2.28 bits per heavy atom. The molecule has 1 aromatic rings. The fraction of sp³-hybridized carbons (Fsp3) is 0.500. The largest absolute Gasteiger partial charge is 0.392 e.